The first-order valence-corrected chi connectivity index (χ1v) is 10.1. The van der Waals surface area contributed by atoms with Crippen molar-refractivity contribution in [1.82, 2.24) is 10.2 Å². The lowest BCUT2D eigenvalue weighted by atomic mass is 9.84. The van der Waals surface area contributed by atoms with Crippen LogP contribution in [-0.4, -0.2) is 55.4 Å². The van der Waals surface area contributed by atoms with Crippen molar-refractivity contribution < 1.29 is 24.2 Å². The Morgan fingerprint density at radius 3 is 2.13 bits per heavy atom. The summed E-state index contributed by atoms with van der Waals surface area (Å²) in [6.07, 6.45) is 0.279. The molecule has 0 bridgehead atoms. The van der Waals surface area contributed by atoms with Crippen LogP contribution in [0.2, 0.25) is 0 Å². The lowest BCUT2D eigenvalue weighted by Crippen LogP contribution is -2.45. The van der Waals surface area contributed by atoms with Crippen LogP contribution in [0.15, 0.2) is 48.5 Å². The molecule has 1 heterocycles. The van der Waals surface area contributed by atoms with Crippen molar-refractivity contribution in [3.63, 3.8) is 0 Å². The molecule has 2 N–H and O–H groups in total. The van der Waals surface area contributed by atoms with Crippen molar-refractivity contribution in [2.24, 2.45) is 0 Å². The predicted molar refractivity (Wildman–Crippen MR) is 113 cm³/mol. The molecule has 160 valence electrons. The van der Waals surface area contributed by atoms with E-state index in [1.807, 2.05) is 55.5 Å². The molecular formula is C23H28N2O5. The number of likely N-dealkylation sites (N-methyl/N-ethyl adjacent to an activating group) is 1. The van der Waals surface area contributed by atoms with Gasteiger partial charge in [-0.15, -0.1) is 0 Å². The predicted octanol–water partition coefficient (Wildman–Crippen LogP) is 2.92. The highest BCUT2D eigenvalue weighted by molar-refractivity contribution is 5.79. The first-order valence-electron chi connectivity index (χ1n) is 10.1. The van der Waals surface area contributed by atoms with Crippen LogP contribution in [0.3, 0.4) is 0 Å². The standard InChI is InChI=1S/C23H28N2O5/c1-3-29-20-10-6-18(7-11-20)17-4-8-19(9-5-17)23(28)12-14-25(15-13-23)22(27)30-16-21(26)24-2/h4-11,28H,3,12-16H2,1-2H3,(H,24,26). The molecule has 0 spiro atoms. The van der Waals surface area contributed by atoms with Gasteiger partial charge in [0.1, 0.15) is 5.75 Å². The number of amides is 2. The van der Waals surface area contributed by atoms with E-state index in [1.165, 1.54) is 11.9 Å². The minimum Gasteiger partial charge on any atom is -0.494 e. The van der Waals surface area contributed by atoms with Crippen LogP contribution in [0, 0.1) is 0 Å². The Labute approximate surface area is 176 Å². The fourth-order valence-electron chi connectivity index (χ4n) is 3.52. The van der Waals surface area contributed by atoms with Gasteiger partial charge in [0.2, 0.25) is 0 Å². The Morgan fingerprint density at radius 2 is 1.60 bits per heavy atom. The molecule has 0 unspecified atom stereocenters. The number of piperidine rings is 1. The molecule has 2 aromatic carbocycles. The second kappa shape index (κ2) is 9.63. The second-order valence-electron chi connectivity index (χ2n) is 7.28. The zero-order valence-corrected chi connectivity index (χ0v) is 17.4. The Morgan fingerprint density at radius 1 is 1.03 bits per heavy atom. The van der Waals surface area contributed by atoms with E-state index in [9.17, 15) is 14.7 Å². The molecule has 3 rings (SSSR count). The Hall–Kier alpha value is -3.06. The molecule has 7 nitrogen and oxygen atoms in total. The molecule has 1 aliphatic rings. The number of ether oxygens (including phenoxy) is 2. The Bertz CT molecular complexity index is 856. The van der Waals surface area contributed by atoms with Crippen molar-refractivity contribution >= 4 is 12.0 Å². The number of likely N-dealkylation sites (tertiary alicyclic amines) is 1. The van der Waals surface area contributed by atoms with E-state index in [2.05, 4.69) is 5.32 Å². The summed E-state index contributed by atoms with van der Waals surface area (Å²) in [4.78, 5) is 24.8. The molecule has 0 atom stereocenters. The van der Waals surface area contributed by atoms with Gasteiger partial charge in [-0.2, -0.15) is 0 Å². The Balaban J connectivity index is 1.60. The maximum atomic E-state index is 12.1. The first-order chi connectivity index (χ1) is 14.4. The highest BCUT2D eigenvalue weighted by Crippen LogP contribution is 2.34. The van der Waals surface area contributed by atoms with E-state index in [1.54, 1.807) is 0 Å². The molecule has 2 aromatic rings. The summed E-state index contributed by atoms with van der Waals surface area (Å²) >= 11 is 0. The van der Waals surface area contributed by atoms with Gasteiger partial charge >= 0.3 is 6.09 Å². The van der Waals surface area contributed by atoms with Gasteiger partial charge in [0, 0.05) is 20.1 Å². The number of nitrogens with one attached hydrogen (secondary N) is 1. The van der Waals surface area contributed by atoms with E-state index in [-0.39, 0.29) is 12.5 Å². The van der Waals surface area contributed by atoms with Gasteiger partial charge in [-0.3, -0.25) is 4.79 Å². The normalized spacial score (nSPS) is 15.4. The third kappa shape index (κ3) is 5.10. The van der Waals surface area contributed by atoms with Crippen molar-refractivity contribution in [3.05, 3.63) is 54.1 Å². The van der Waals surface area contributed by atoms with Gasteiger partial charge in [-0.1, -0.05) is 36.4 Å². The van der Waals surface area contributed by atoms with Crippen LogP contribution in [0.5, 0.6) is 5.75 Å². The lowest BCUT2D eigenvalue weighted by molar-refractivity contribution is -0.124. The molecule has 30 heavy (non-hydrogen) atoms. The number of carbonyl (C=O) groups excluding carboxylic acids is 2. The van der Waals surface area contributed by atoms with E-state index >= 15 is 0 Å². The highest BCUT2D eigenvalue weighted by atomic mass is 16.6. The number of hydrogen-bond donors (Lipinski definition) is 2. The van der Waals surface area contributed by atoms with Crippen LogP contribution in [0.25, 0.3) is 11.1 Å². The molecule has 0 aliphatic carbocycles. The fraction of sp³-hybridized carbons (Fsp3) is 0.391. The number of benzene rings is 2. The fourth-order valence-corrected chi connectivity index (χ4v) is 3.52. The maximum Gasteiger partial charge on any atom is 0.410 e. The lowest BCUT2D eigenvalue weighted by Gasteiger charge is -2.38. The number of nitrogens with zero attached hydrogens (tertiary/aromatic N) is 1. The minimum atomic E-state index is -0.991. The highest BCUT2D eigenvalue weighted by Gasteiger charge is 2.36. The number of rotatable bonds is 6. The zero-order valence-electron chi connectivity index (χ0n) is 17.4. The van der Waals surface area contributed by atoms with Crippen LogP contribution in [0.1, 0.15) is 25.3 Å². The topological polar surface area (TPSA) is 88.1 Å². The third-order valence-electron chi connectivity index (χ3n) is 5.38. The number of hydrogen-bond acceptors (Lipinski definition) is 5. The quantitative estimate of drug-likeness (QED) is 0.762. The van der Waals surface area contributed by atoms with Crippen LogP contribution in [-0.2, 0) is 15.1 Å². The molecule has 1 fully saturated rings. The minimum absolute atomic E-state index is 0.302. The SMILES string of the molecule is CCOc1ccc(-c2ccc(C3(O)CCN(C(=O)OCC(=O)NC)CC3)cc2)cc1. The summed E-state index contributed by atoms with van der Waals surface area (Å²) in [5, 5.41) is 13.5. The molecule has 1 saturated heterocycles. The molecule has 0 radical (unpaired) electrons. The smallest absolute Gasteiger partial charge is 0.410 e. The molecule has 0 saturated carbocycles. The Kier molecular flexibility index (Phi) is 6.95. The molecule has 2 amide bonds. The average Bonchev–Trinajstić information content (AvgIpc) is 2.78. The van der Waals surface area contributed by atoms with Crippen molar-refractivity contribution in [1.29, 1.82) is 0 Å². The first kappa shape index (κ1) is 21.6. The van der Waals surface area contributed by atoms with Gasteiger partial charge in [0.15, 0.2) is 6.61 Å². The summed E-state index contributed by atoms with van der Waals surface area (Å²) in [6, 6.07) is 15.8. The van der Waals surface area contributed by atoms with Crippen LogP contribution >= 0.6 is 0 Å². The van der Waals surface area contributed by atoms with E-state index < -0.39 is 11.7 Å². The van der Waals surface area contributed by atoms with Crippen molar-refractivity contribution in [2.45, 2.75) is 25.4 Å². The summed E-state index contributed by atoms with van der Waals surface area (Å²) in [6.45, 7) is 3.02. The molecule has 1 aliphatic heterocycles. The van der Waals surface area contributed by atoms with Crippen LogP contribution < -0.4 is 10.1 Å². The monoisotopic (exact) mass is 412 g/mol. The van der Waals surface area contributed by atoms with Gasteiger partial charge < -0.3 is 24.8 Å². The number of aliphatic hydroxyl groups is 1. The van der Waals surface area contributed by atoms with Crippen molar-refractivity contribution in [2.75, 3.05) is 33.4 Å². The van der Waals surface area contributed by atoms with E-state index in [4.69, 9.17) is 9.47 Å². The van der Waals surface area contributed by atoms with E-state index in [0.29, 0.717) is 32.5 Å². The van der Waals surface area contributed by atoms with Gasteiger partial charge in [0.25, 0.3) is 5.91 Å². The number of carbonyl (C=O) groups is 2. The summed E-state index contributed by atoms with van der Waals surface area (Å²) in [5.41, 5.74) is 1.97. The second-order valence-corrected chi connectivity index (χ2v) is 7.28. The van der Waals surface area contributed by atoms with Crippen LogP contribution in [0.4, 0.5) is 4.79 Å². The largest absolute Gasteiger partial charge is 0.494 e. The summed E-state index contributed by atoms with van der Waals surface area (Å²) < 4.78 is 10.5. The van der Waals surface area contributed by atoms with Gasteiger partial charge in [-0.05, 0) is 48.6 Å². The molecule has 7 heteroatoms. The molecular weight excluding hydrogens is 384 g/mol. The van der Waals surface area contributed by atoms with Gasteiger partial charge in [0.05, 0.1) is 12.2 Å². The summed E-state index contributed by atoms with van der Waals surface area (Å²) in [7, 11) is 1.48. The zero-order chi connectivity index (χ0) is 21.6. The average molecular weight is 412 g/mol. The van der Waals surface area contributed by atoms with Crippen molar-refractivity contribution in [3.8, 4) is 16.9 Å². The van der Waals surface area contributed by atoms with E-state index in [0.717, 1.165) is 22.4 Å². The summed E-state index contributed by atoms with van der Waals surface area (Å²) in [5.74, 6) is 0.484. The molecule has 0 aromatic heterocycles. The van der Waals surface area contributed by atoms with Gasteiger partial charge in [-0.25, -0.2) is 4.79 Å². The third-order valence-corrected chi connectivity index (χ3v) is 5.38. The maximum absolute atomic E-state index is 12.1.